The fourth-order valence-electron chi connectivity index (χ4n) is 1.44. The average molecular weight is 218 g/mol. The van der Waals surface area contributed by atoms with Gasteiger partial charge in [0.05, 0.1) is 16.5 Å². The van der Waals surface area contributed by atoms with Gasteiger partial charge < -0.3 is 10.1 Å². The molecule has 1 heterocycles. The molecule has 0 amide bonds. The molecular formula is C10H6N2O4. The summed E-state index contributed by atoms with van der Waals surface area (Å²) in [5.74, 6) is -1.34. The molecule has 1 aromatic carbocycles. The van der Waals surface area contributed by atoms with Crippen molar-refractivity contribution in [1.82, 2.24) is 9.97 Å². The molecule has 16 heavy (non-hydrogen) atoms. The number of rotatable bonds is 2. The Balaban J connectivity index is 2.94. The molecule has 2 aromatic rings. The van der Waals surface area contributed by atoms with Crippen LogP contribution in [0, 0.1) is 0 Å². The Labute approximate surface area is 88.6 Å². The van der Waals surface area contributed by atoms with Crippen molar-refractivity contribution >= 4 is 23.2 Å². The van der Waals surface area contributed by atoms with Gasteiger partial charge in [0.2, 0.25) is 0 Å². The Bertz CT molecular complexity index is 645. The van der Waals surface area contributed by atoms with Crippen molar-refractivity contribution in [3.05, 3.63) is 39.9 Å². The summed E-state index contributed by atoms with van der Waals surface area (Å²) in [5, 5.41) is 8.86. The summed E-state index contributed by atoms with van der Waals surface area (Å²) in [6.45, 7) is 0. The minimum Gasteiger partial charge on any atom is -0.478 e. The average Bonchev–Trinajstić information content (AvgIpc) is 2.27. The van der Waals surface area contributed by atoms with Gasteiger partial charge in [-0.15, -0.1) is 0 Å². The number of benzene rings is 1. The molecule has 0 saturated carbocycles. The molecule has 2 rings (SSSR count). The fraction of sp³-hybridized carbons (Fsp3) is 0. The van der Waals surface area contributed by atoms with E-state index < -0.39 is 11.5 Å². The van der Waals surface area contributed by atoms with Crippen LogP contribution in [0.5, 0.6) is 0 Å². The first-order chi connectivity index (χ1) is 7.63. The van der Waals surface area contributed by atoms with Crippen LogP contribution in [0.25, 0.3) is 10.9 Å². The summed E-state index contributed by atoms with van der Waals surface area (Å²) >= 11 is 0. The molecule has 0 unspecified atom stereocenters. The first-order valence-electron chi connectivity index (χ1n) is 4.35. The first-order valence-corrected chi connectivity index (χ1v) is 4.35. The molecule has 0 aliphatic carbocycles. The second-order valence-electron chi connectivity index (χ2n) is 3.07. The van der Waals surface area contributed by atoms with Crippen LogP contribution in [0.1, 0.15) is 21.0 Å². The van der Waals surface area contributed by atoms with Crippen LogP contribution in [0.4, 0.5) is 0 Å². The zero-order chi connectivity index (χ0) is 11.7. The van der Waals surface area contributed by atoms with Crippen LogP contribution in [-0.4, -0.2) is 27.3 Å². The number of carboxylic acid groups (broad SMARTS) is 1. The van der Waals surface area contributed by atoms with Gasteiger partial charge in [-0.2, -0.15) is 0 Å². The Hall–Kier alpha value is -2.50. The zero-order valence-corrected chi connectivity index (χ0v) is 7.93. The fourth-order valence-corrected chi connectivity index (χ4v) is 1.44. The number of carboxylic acids is 1. The van der Waals surface area contributed by atoms with Gasteiger partial charge in [-0.25, -0.2) is 9.78 Å². The molecule has 6 nitrogen and oxygen atoms in total. The number of hydrogen-bond acceptors (Lipinski definition) is 4. The standard InChI is InChI=1S/C10H6N2O4/c13-4-7-11-6-3-1-2-5(10(15)16)8(6)9(14)12-7/h1-4H,(H,15,16)(H,11,12,14). The Kier molecular flexibility index (Phi) is 2.24. The van der Waals surface area contributed by atoms with Crippen molar-refractivity contribution in [3.8, 4) is 0 Å². The highest BCUT2D eigenvalue weighted by Gasteiger charge is 2.12. The molecule has 0 saturated heterocycles. The van der Waals surface area contributed by atoms with Crippen LogP contribution in [0.2, 0.25) is 0 Å². The lowest BCUT2D eigenvalue weighted by Crippen LogP contribution is -2.15. The van der Waals surface area contributed by atoms with Crippen molar-refractivity contribution in [1.29, 1.82) is 0 Å². The summed E-state index contributed by atoms with van der Waals surface area (Å²) in [6, 6.07) is 4.25. The van der Waals surface area contributed by atoms with Crippen LogP contribution < -0.4 is 5.56 Å². The number of carbonyl (C=O) groups is 2. The molecule has 0 spiro atoms. The largest absolute Gasteiger partial charge is 0.478 e. The number of H-pyrrole nitrogens is 1. The molecule has 0 bridgehead atoms. The number of aromatic carboxylic acids is 1. The lowest BCUT2D eigenvalue weighted by molar-refractivity contribution is 0.0699. The number of aldehydes is 1. The maximum absolute atomic E-state index is 11.6. The van der Waals surface area contributed by atoms with Crippen molar-refractivity contribution in [2.75, 3.05) is 0 Å². The summed E-state index contributed by atoms with van der Waals surface area (Å²) < 4.78 is 0. The van der Waals surface area contributed by atoms with E-state index in [0.717, 1.165) is 0 Å². The lowest BCUT2D eigenvalue weighted by Gasteiger charge is -2.00. The second kappa shape index (κ2) is 3.58. The predicted octanol–water partition coefficient (Wildman–Crippen LogP) is 0.434. The number of fused-ring (bicyclic) bond motifs is 1. The van der Waals surface area contributed by atoms with E-state index in [1.54, 1.807) is 0 Å². The van der Waals surface area contributed by atoms with E-state index in [2.05, 4.69) is 9.97 Å². The van der Waals surface area contributed by atoms with Crippen LogP contribution in [0.3, 0.4) is 0 Å². The first kappa shape index (κ1) is 10.0. The number of aromatic amines is 1. The molecular weight excluding hydrogens is 212 g/mol. The third kappa shape index (κ3) is 1.46. The second-order valence-corrected chi connectivity index (χ2v) is 3.07. The molecule has 6 heteroatoms. The highest BCUT2D eigenvalue weighted by molar-refractivity contribution is 6.02. The van der Waals surface area contributed by atoms with Gasteiger partial charge >= 0.3 is 5.97 Å². The van der Waals surface area contributed by atoms with E-state index in [1.165, 1.54) is 18.2 Å². The summed E-state index contributed by atoms with van der Waals surface area (Å²) in [7, 11) is 0. The molecule has 0 fully saturated rings. The summed E-state index contributed by atoms with van der Waals surface area (Å²) in [5.41, 5.74) is -0.584. The van der Waals surface area contributed by atoms with Crippen molar-refractivity contribution in [2.45, 2.75) is 0 Å². The van der Waals surface area contributed by atoms with E-state index in [4.69, 9.17) is 5.11 Å². The van der Waals surface area contributed by atoms with Gasteiger partial charge in [0.15, 0.2) is 12.1 Å². The molecule has 0 atom stereocenters. The number of aromatic nitrogens is 2. The van der Waals surface area contributed by atoms with E-state index in [-0.39, 0.29) is 22.3 Å². The zero-order valence-electron chi connectivity index (χ0n) is 7.93. The maximum Gasteiger partial charge on any atom is 0.336 e. The predicted molar refractivity (Wildman–Crippen MR) is 54.7 cm³/mol. The normalized spacial score (nSPS) is 10.2. The molecule has 0 aliphatic heterocycles. The number of nitrogens with one attached hydrogen (secondary N) is 1. The van der Waals surface area contributed by atoms with E-state index >= 15 is 0 Å². The highest BCUT2D eigenvalue weighted by Crippen LogP contribution is 2.12. The Morgan fingerprint density at radius 2 is 2.19 bits per heavy atom. The summed E-state index contributed by atoms with van der Waals surface area (Å²) in [4.78, 5) is 38.9. The lowest BCUT2D eigenvalue weighted by atomic mass is 10.1. The Morgan fingerprint density at radius 1 is 1.44 bits per heavy atom. The summed E-state index contributed by atoms with van der Waals surface area (Å²) in [6.07, 6.45) is 0.397. The number of hydrogen-bond donors (Lipinski definition) is 2. The van der Waals surface area contributed by atoms with Gasteiger partial charge in [-0.05, 0) is 12.1 Å². The minimum atomic E-state index is -1.21. The molecule has 0 radical (unpaired) electrons. The Morgan fingerprint density at radius 3 is 2.81 bits per heavy atom. The third-order valence-electron chi connectivity index (χ3n) is 2.09. The highest BCUT2D eigenvalue weighted by atomic mass is 16.4. The van der Waals surface area contributed by atoms with Crippen molar-refractivity contribution in [3.63, 3.8) is 0 Å². The van der Waals surface area contributed by atoms with Crippen LogP contribution in [0.15, 0.2) is 23.0 Å². The van der Waals surface area contributed by atoms with Crippen molar-refractivity contribution in [2.24, 2.45) is 0 Å². The molecule has 1 aromatic heterocycles. The maximum atomic E-state index is 11.6. The van der Waals surface area contributed by atoms with E-state index in [0.29, 0.717) is 6.29 Å². The van der Waals surface area contributed by atoms with Gasteiger partial charge in [0.1, 0.15) is 0 Å². The quantitative estimate of drug-likeness (QED) is 0.712. The smallest absolute Gasteiger partial charge is 0.336 e. The minimum absolute atomic E-state index is 0.0272. The van der Waals surface area contributed by atoms with E-state index in [1.807, 2.05) is 0 Å². The van der Waals surface area contributed by atoms with Gasteiger partial charge in [-0.3, -0.25) is 9.59 Å². The number of nitrogens with zero attached hydrogens (tertiary/aromatic N) is 1. The third-order valence-corrected chi connectivity index (χ3v) is 2.09. The monoisotopic (exact) mass is 218 g/mol. The van der Waals surface area contributed by atoms with Gasteiger partial charge in [0.25, 0.3) is 5.56 Å². The van der Waals surface area contributed by atoms with Crippen LogP contribution >= 0.6 is 0 Å². The number of carbonyl (C=O) groups excluding carboxylic acids is 1. The SMILES string of the molecule is O=Cc1nc2cccc(C(=O)O)c2c(=O)[nH]1. The van der Waals surface area contributed by atoms with Crippen molar-refractivity contribution < 1.29 is 14.7 Å². The van der Waals surface area contributed by atoms with Gasteiger partial charge in [0, 0.05) is 0 Å². The molecule has 2 N–H and O–H groups in total. The molecule has 0 aliphatic rings. The molecule has 80 valence electrons. The van der Waals surface area contributed by atoms with Crippen LogP contribution in [-0.2, 0) is 0 Å². The van der Waals surface area contributed by atoms with E-state index in [9.17, 15) is 14.4 Å². The topological polar surface area (TPSA) is 100 Å². The van der Waals surface area contributed by atoms with Gasteiger partial charge in [-0.1, -0.05) is 6.07 Å².